The molecule has 1 atom stereocenters. The maximum Gasteiger partial charge on any atom is 0.220 e. The second kappa shape index (κ2) is 6.97. The number of aliphatic hydroxyl groups is 1. The molecule has 0 saturated heterocycles. The largest absolute Gasteiger partial charge is 0.388 e. The fourth-order valence-electron chi connectivity index (χ4n) is 2.32. The van der Waals surface area contributed by atoms with Crippen molar-refractivity contribution in [2.24, 2.45) is 5.73 Å². The lowest BCUT2D eigenvalue weighted by Gasteiger charge is -2.32. The van der Waals surface area contributed by atoms with E-state index in [0.717, 1.165) is 38.5 Å². The maximum atomic E-state index is 11.5. The van der Waals surface area contributed by atoms with E-state index >= 15 is 0 Å². The van der Waals surface area contributed by atoms with E-state index in [0.29, 0.717) is 13.0 Å². The maximum absolute atomic E-state index is 11.5. The lowest BCUT2D eigenvalue weighted by molar-refractivity contribution is -0.122. The number of hydrogen-bond acceptors (Lipinski definition) is 3. The Hall–Kier alpha value is -0.610. The van der Waals surface area contributed by atoms with Crippen LogP contribution in [0.15, 0.2) is 0 Å². The minimum absolute atomic E-state index is 0.0321. The van der Waals surface area contributed by atoms with Crippen molar-refractivity contribution in [3.8, 4) is 0 Å². The summed E-state index contributed by atoms with van der Waals surface area (Å²) < 4.78 is 0. The van der Waals surface area contributed by atoms with Crippen molar-refractivity contribution in [1.29, 1.82) is 0 Å². The second-order valence-electron chi connectivity index (χ2n) is 5.43. The van der Waals surface area contributed by atoms with E-state index in [1.54, 1.807) is 0 Å². The van der Waals surface area contributed by atoms with E-state index in [2.05, 4.69) is 5.32 Å². The van der Waals surface area contributed by atoms with Crippen molar-refractivity contribution in [3.05, 3.63) is 0 Å². The molecule has 17 heavy (non-hydrogen) atoms. The van der Waals surface area contributed by atoms with E-state index in [4.69, 9.17) is 5.73 Å². The fourth-order valence-corrected chi connectivity index (χ4v) is 2.32. The molecule has 1 saturated carbocycles. The van der Waals surface area contributed by atoms with Gasteiger partial charge in [-0.1, -0.05) is 19.3 Å². The first-order chi connectivity index (χ1) is 8.02. The monoisotopic (exact) mass is 242 g/mol. The molecule has 0 aromatic heterocycles. The normalized spacial score (nSPS) is 20.9. The van der Waals surface area contributed by atoms with Crippen molar-refractivity contribution in [2.75, 3.05) is 6.54 Å². The number of rotatable bonds is 6. The van der Waals surface area contributed by atoms with Gasteiger partial charge in [-0.15, -0.1) is 0 Å². The fraction of sp³-hybridized carbons (Fsp3) is 0.923. The molecule has 1 amide bonds. The van der Waals surface area contributed by atoms with Gasteiger partial charge in [0.15, 0.2) is 0 Å². The summed E-state index contributed by atoms with van der Waals surface area (Å²) in [5, 5.41) is 13.0. The van der Waals surface area contributed by atoms with Crippen molar-refractivity contribution in [2.45, 2.75) is 69.9 Å². The highest BCUT2D eigenvalue weighted by Gasteiger charge is 2.29. The molecule has 4 nitrogen and oxygen atoms in total. The third-order valence-corrected chi connectivity index (χ3v) is 3.46. The van der Waals surface area contributed by atoms with Crippen LogP contribution in [-0.4, -0.2) is 29.2 Å². The van der Waals surface area contributed by atoms with E-state index in [1.807, 2.05) is 6.92 Å². The molecule has 1 aliphatic rings. The number of hydrogen-bond donors (Lipinski definition) is 3. The minimum atomic E-state index is -0.658. The summed E-state index contributed by atoms with van der Waals surface area (Å²) in [6, 6.07) is 0.158. The minimum Gasteiger partial charge on any atom is -0.388 e. The van der Waals surface area contributed by atoms with Crippen LogP contribution in [0.2, 0.25) is 0 Å². The Kier molecular flexibility index (Phi) is 5.92. The summed E-state index contributed by atoms with van der Waals surface area (Å²) in [5.41, 5.74) is 4.96. The Bertz CT molecular complexity index is 236. The molecule has 4 N–H and O–H groups in total. The van der Waals surface area contributed by atoms with Crippen LogP contribution in [0.1, 0.15) is 58.3 Å². The topological polar surface area (TPSA) is 75.4 Å². The molecule has 1 fully saturated rings. The first kappa shape index (κ1) is 14.5. The number of nitrogens with two attached hydrogens (primary N) is 1. The number of carbonyl (C=O) groups is 1. The van der Waals surface area contributed by atoms with E-state index in [1.165, 1.54) is 6.42 Å². The van der Waals surface area contributed by atoms with Gasteiger partial charge in [-0.3, -0.25) is 4.79 Å². The summed E-state index contributed by atoms with van der Waals surface area (Å²) in [5.74, 6) is 0.0321. The molecule has 100 valence electrons. The number of carbonyl (C=O) groups excluding carboxylic acids is 1. The van der Waals surface area contributed by atoms with Gasteiger partial charge < -0.3 is 16.2 Å². The van der Waals surface area contributed by atoms with Gasteiger partial charge in [-0.2, -0.15) is 0 Å². The molecule has 1 aliphatic carbocycles. The highest BCUT2D eigenvalue weighted by atomic mass is 16.3. The highest BCUT2D eigenvalue weighted by molar-refractivity contribution is 5.75. The first-order valence-corrected chi connectivity index (χ1v) is 6.76. The van der Waals surface area contributed by atoms with Crippen molar-refractivity contribution in [1.82, 2.24) is 5.32 Å². The molecule has 4 heteroatoms. The third-order valence-electron chi connectivity index (χ3n) is 3.46. The Morgan fingerprint density at radius 1 is 1.41 bits per heavy atom. The first-order valence-electron chi connectivity index (χ1n) is 6.76. The van der Waals surface area contributed by atoms with Crippen LogP contribution in [0.3, 0.4) is 0 Å². The number of amides is 1. The van der Waals surface area contributed by atoms with Gasteiger partial charge in [0.25, 0.3) is 0 Å². The summed E-state index contributed by atoms with van der Waals surface area (Å²) in [4.78, 5) is 11.5. The van der Waals surface area contributed by atoms with Crippen molar-refractivity contribution >= 4 is 5.91 Å². The van der Waals surface area contributed by atoms with Crippen molar-refractivity contribution < 1.29 is 9.90 Å². The van der Waals surface area contributed by atoms with E-state index < -0.39 is 5.60 Å². The van der Waals surface area contributed by atoms with E-state index in [-0.39, 0.29) is 11.9 Å². The van der Waals surface area contributed by atoms with Crippen LogP contribution in [0.4, 0.5) is 0 Å². The van der Waals surface area contributed by atoms with Gasteiger partial charge in [-0.25, -0.2) is 0 Å². The van der Waals surface area contributed by atoms with Gasteiger partial charge >= 0.3 is 0 Å². The molecule has 1 unspecified atom stereocenters. The Morgan fingerprint density at radius 2 is 2.06 bits per heavy atom. The van der Waals surface area contributed by atoms with Gasteiger partial charge in [0.2, 0.25) is 5.91 Å². The molecule has 0 spiro atoms. The summed E-state index contributed by atoms with van der Waals surface area (Å²) in [7, 11) is 0. The van der Waals surface area contributed by atoms with Crippen LogP contribution < -0.4 is 11.1 Å². The Balaban J connectivity index is 2.14. The molecule has 1 rings (SSSR count). The predicted octanol–water partition coefficient (Wildman–Crippen LogP) is 1.32. The Labute approximate surface area is 104 Å². The van der Waals surface area contributed by atoms with E-state index in [9.17, 15) is 9.90 Å². The second-order valence-corrected chi connectivity index (χ2v) is 5.43. The van der Waals surface area contributed by atoms with Crippen LogP contribution in [0.5, 0.6) is 0 Å². The molecular formula is C13H26N2O2. The van der Waals surface area contributed by atoms with Crippen LogP contribution in [0.25, 0.3) is 0 Å². The van der Waals surface area contributed by atoms with Crippen molar-refractivity contribution in [3.63, 3.8) is 0 Å². The standard InChI is InChI=1S/C13H26N2O2/c1-11(14)6-5-7-12(16)15-10-13(17)8-3-2-4-9-13/h11,17H,2-10,14H2,1H3,(H,15,16). The van der Waals surface area contributed by atoms with Gasteiger partial charge in [0.1, 0.15) is 0 Å². The van der Waals surface area contributed by atoms with Gasteiger partial charge in [0, 0.05) is 19.0 Å². The van der Waals surface area contributed by atoms with Crippen LogP contribution >= 0.6 is 0 Å². The summed E-state index contributed by atoms with van der Waals surface area (Å²) in [6.45, 7) is 2.35. The van der Waals surface area contributed by atoms with Gasteiger partial charge in [-0.05, 0) is 32.6 Å². The molecule has 0 bridgehead atoms. The molecule has 0 radical (unpaired) electrons. The molecule has 0 heterocycles. The molecule has 0 aliphatic heterocycles. The summed E-state index contributed by atoms with van der Waals surface area (Å²) in [6.07, 6.45) is 7.16. The number of nitrogens with one attached hydrogen (secondary N) is 1. The summed E-state index contributed by atoms with van der Waals surface area (Å²) >= 11 is 0. The predicted molar refractivity (Wildman–Crippen MR) is 68.5 cm³/mol. The zero-order chi connectivity index (χ0) is 12.7. The lowest BCUT2D eigenvalue weighted by Crippen LogP contribution is -2.44. The zero-order valence-corrected chi connectivity index (χ0v) is 10.9. The van der Waals surface area contributed by atoms with Crippen LogP contribution in [0, 0.1) is 0 Å². The molecule has 0 aromatic rings. The average Bonchev–Trinajstić information content (AvgIpc) is 2.27. The zero-order valence-electron chi connectivity index (χ0n) is 10.9. The molecular weight excluding hydrogens is 216 g/mol. The molecule has 0 aromatic carbocycles. The highest BCUT2D eigenvalue weighted by Crippen LogP contribution is 2.27. The quantitative estimate of drug-likeness (QED) is 0.657. The average molecular weight is 242 g/mol. The SMILES string of the molecule is CC(N)CCCC(=O)NCC1(O)CCCCC1. The van der Waals surface area contributed by atoms with Crippen LogP contribution in [-0.2, 0) is 4.79 Å². The van der Waals surface area contributed by atoms with Gasteiger partial charge in [0.05, 0.1) is 5.60 Å². The third kappa shape index (κ3) is 6.03. The Morgan fingerprint density at radius 3 is 2.65 bits per heavy atom. The lowest BCUT2D eigenvalue weighted by atomic mass is 9.85. The smallest absolute Gasteiger partial charge is 0.220 e.